The molecule has 0 bridgehead atoms. The van der Waals surface area contributed by atoms with Gasteiger partial charge in [0, 0.05) is 19.1 Å². The second kappa shape index (κ2) is 10.0. The van der Waals surface area contributed by atoms with Crippen LogP contribution >= 0.6 is 0 Å². The molecule has 1 aromatic rings. The number of nitrogens with one attached hydrogen (secondary N) is 1. The van der Waals surface area contributed by atoms with Gasteiger partial charge in [0.2, 0.25) is 10.0 Å². The number of carbonyl (C=O) groups is 2. The molecule has 1 aromatic carbocycles. The van der Waals surface area contributed by atoms with Gasteiger partial charge in [0.25, 0.3) is 5.91 Å². The fraction of sp³-hybridized carbons (Fsp3) is 0.600. The molecule has 2 rings (SSSR count). The normalized spacial score (nSPS) is 18.1. The predicted octanol–water partition coefficient (Wildman–Crippen LogP) is 2.57. The Labute approximate surface area is 167 Å². The Morgan fingerprint density at radius 2 is 2.04 bits per heavy atom. The van der Waals surface area contributed by atoms with Gasteiger partial charge >= 0.3 is 5.97 Å². The van der Waals surface area contributed by atoms with Crippen molar-refractivity contribution < 1.29 is 22.7 Å². The molecule has 1 atom stereocenters. The van der Waals surface area contributed by atoms with Crippen LogP contribution in [0.25, 0.3) is 0 Å². The molecule has 0 unspecified atom stereocenters. The Bertz CT molecular complexity index is 792. The summed E-state index contributed by atoms with van der Waals surface area (Å²) < 4.78 is 32.4. The van der Waals surface area contributed by atoms with Crippen LogP contribution in [0.1, 0.15) is 56.8 Å². The van der Waals surface area contributed by atoms with E-state index in [1.165, 1.54) is 28.6 Å². The molecule has 7 nitrogen and oxygen atoms in total. The van der Waals surface area contributed by atoms with Gasteiger partial charge in [-0.05, 0) is 50.3 Å². The van der Waals surface area contributed by atoms with Crippen molar-refractivity contribution in [2.24, 2.45) is 5.92 Å². The number of nitrogens with zero attached hydrogens (tertiary/aromatic N) is 1. The molecule has 1 amide bonds. The van der Waals surface area contributed by atoms with Crippen molar-refractivity contribution in [3.8, 4) is 0 Å². The van der Waals surface area contributed by atoms with Crippen LogP contribution < -0.4 is 5.32 Å². The Balaban J connectivity index is 2.00. The molecule has 0 spiro atoms. The van der Waals surface area contributed by atoms with Crippen LogP contribution in [0.5, 0.6) is 0 Å². The van der Waals surface area contributed by atoms with Gasteiger partial charge in [-0.3, -0.25) is 4.79 Å². The van der Waals surface area contributed by atoms with Gasteiger partial charge < -0.3 is 10.1 Å². The summed E-state index contributed by atoms with van der Waals surface area (Å²) in [6.45, 7) is 6.62. The summed E-state index contributed by atoms with van der Waals surface area (Å²) in [5, 5.41) is 2.69. The lowest BCUT2D eigenvalue weighted by Crippen LogP contribution is -2.41. The zero-order chi connectivity index (χ0) is 20.7. The van der Waals surface area contributed by atoms with Crippen LogP contribution in [0.2, 0.25) is 0 Å². The molecule has 8 heteroatoms. The standard InChI is InChI=1S/C20H30N2O5S/c1-15(2)10-11-21-19(23)14-27-20(24)17-8-6-9-18(13-17)28(25,26)22-12-5-4-7-16(22)3/h6,8-9,13,15-16H,4-5,7,10-12,14H2,1-3H3,(H,21,23)/t16-/m0/s1. The SMILES string of the molecule is CC(C)CCNC(=O)COC(=O)c1cccc(S(=O)(=O)N2CCCC[C@@H]2C)c1. The molecule has 1 saturated heterocycles. The lowest BCUT2D eigenvalue weighted by atomic mass is 10.1. The number of rotatable bonds is 8. The quantitative estimate of drug-likeness (QED) is 0.665. The van der Waals surface area contributed by atoms with Crippen LogP contribution in [0.3, 0.4) is 0 Å². The molecule has 28 heavy (non-hydrogen) atoms. The molecule has 1 aliphatic rings. The van der Waals surface area contributed by atoms with Crippen molar-refractivity contribution in [2.75, 3.05) is 19.7 Å². The van der Waals surface area contributed by atoms with E-state index in [9.17, 15) is 18.0 Å². The Morgan fingerprint density at radius 1 is 1.29 bits per heavy atom. The molecular weight excluding hydrogens is 380 g/mol. The maximum atomic E-state index is 12.9. The number of sulfonamides is 1. The summed E-state index contributed by atoms with van der Waals surface area (Å²) in [5.41, 5.74) is 0.112. The number of hydrogen-bond donors (Lipinski definition) is 1. The fourth-order valence-electron chi connectivity index (χ4n) is 3.11. The van der Waals surface area contributed by atoms with E-state index in [0.717, 1.165) is 25.7 Å². The van der Waals surface area contributed by atoms with Crippen LogP contribution in [-0.2, 0) is 19.6 Å². The van der Waals surface area contributed by atoms with Crippen molar-refractivity contribution in [2.45, 2.75) is 57.4 Å². The maximum absolute atomic E-state index is 12.9. The minimum atomic E-state index is -3.67. The van der Waals surface area contributed by atoms with Gasteiger partial charge in [-0.1, -0.05) is 26.3 Å². The fourth-order valence-corrected chi connectivity index (χ4v) is 4.86. The van der Waals surface area contributed by atoms with Gasteiger partial charge in [0.1, 0.15) is 0 Å². The van der Waals surface area contributed by atoms with Crippen LogP contribution in [0.4, 0.5) is 0 Å². The van der Waals surface area contributed by atoms with E-state index < -0.39 is 22.6 Å². The van der Waals surface area contributed by atoms with E-state index in [-0.39, 0.29) is 22.4 Å². The minimum Gasteiger partial charge on any atom is -0.452 e. The van der Waals surface area contributed by atoms with E-state index in [0.29, 0.717) is 19.0 Å². The summed E-state index contributed by atoms with van der Waals surface area (Å²) in [5.74, 6) is -0.627. The predicted molar refractivity (Wildman–Crippen MR) is 106 cm³/mol. The lowest BCUT2D eigenvalue weighted by Gasteiger charge is -2.32. The molecule has 1 heterocycles. The van der Waals surface area contributed by atoms with Crippen molar-refractivity contribution >= 4 is 21.9 Å². The number of ether oxygens (including phenoxy) is 1. The number of esters is 1. The summed E-state index contributed by atoms with van der Waals surface area (Å²) in [6.07, 6.45) is 3.51. The average Bonchev–Trinajstić information content (AvgIpc) is 2.66. The molecule has 0 saturated carbocycles. The maximum Gasteiger partial charge on any atom is 0.338 e. The van der Waals surface area contributed by atoms with Gasteiger partial charge in [0.15, 0.2) is 6.61 Å². The Kier molecular flexibility index (Phi) is 8.00. The average molecular weight is 411 g/mol. The highest BCUT2D eigenvalue weighted by Crippen LogP contribution is 2.25. The third-order valence-electron chi connectivity index (χ3n) is 4.80. The molecule has 0 aromatic heterocycles. The van der Waals surface area contributed by atoms with E-state index in [1.54, 1.807) is 0 Å². The van der Waals surface area contributed by atoms with Gasteiger partial charge in [0.05, 0.1) is 10.5 Å². The smallest absolute Gasteiger partial charge is 0.338 e. The first-order chi connectivity index (χ1) is 13.2. The van der Waals surface area contributed by atoms with E-state index in [1.807, 2.05) is 6.92 Å². The van der Waals surface area contributed by atoms with Crippen molar-refractivity contribution in [3.05, 3.63) is 29.8 Å². The van der Waals surface area contributed by atoms with Gasteiger partial charge in [-0.2, -0.15) is 4.31 Å². The van der Waals surface area contributed by atoms with Crippen molar-refractivity contribution in [3.63, 3.8) is 0 Å². The number of benzene rings is 1. The van der Waals surface area contributed by atoms with Crippen LogP contribution in [0.15, 0.2) is 29.2 Å². The third-order valence-corrected chi connectivity index (χ3v) is 6.81. The summed E-state index contributed by atoms with van der Waals surface area (Å²) in [4.78, 5) is 24.0. The molecule has 1 aliphatic heterocycles. The first kappa shape index (κ1) is 22.4. The summed E-state index contributed by atoms with van der Waals surface area (Å²) in [6, 6.07) is 5.73. The van der Waals surface area contributed by atoms with E-state index >= 15 is 0 Å². The lowest BCUT2D eigenvalue weighted by molar-refractivity contribution is -0.124. The number of piperidine rings is 1. The second-order valence-electron chi connectivity index (χ2n) is 7.60. The van der Waals surface area contributed by atoms with Gasteiger partial charge in [-0.25, -0.2) is 13.2 Å². The zero-order valence-corrected chi connectivity index (χ0v) is 17.6. The van der Waals surface area contributed by atoms with Crippen molar-refractivity contribution in [1.29, 1.82) is 0 Å². The highest BCUT2D eigenvalue weighted by atomic mass is 32.2. The highest BCUT2D eigenvalue weighted by molar-refractivity contribution is 7.89. The monoisotopic (exact) mass is 410 g/mol. The van der Waals surface area contributed by atoms with E-state index in [4.69, 9.17) is 4.74 Å². The minimum absolute atomic E-state index is 0.0658. The van der Waals surface area contributed by atoms with Gasteiger partial charge in [-0.15, -0.1) is 0 Å². The van der Waals surface area contributed by atoms with Crippen molar-refractivity contribution in [1.82, 2.24) is 9.62 Å². The molecule has 156 valence electrons. The molecule has 0 aliphatic carbocycles. The van der Waals surface area contributed by atoms with Crippen LogP contribution in [-0.4, -0.2) is 50.3 Å². The Morgan fingerprint density at radius 3 is 2.71 bits per heavy atom. The molecule has 1 N–H and O–H groups in total. The summed E-state index contributed by atoms with van der Waals surface area (Å²) in [7, 11) is -3.67. The molecular formula is C20H30N2O5S. The zero-order valence-electron chi connectivity index (χ0n) is 16.8. The highest BCUT2D eigenvalue weighted by Gasteiger charge is 2.31. The summed E-state index contributed by atoms with van der Waals surface area (Å²) >= 11 is 0. The molecule has 1 fully saturated rings. The number of carbonyl (C=O) groups excluding carboxylic acids is 2. The first-order valence-electron chi connectivity index (χ1n) is 9.77. The van der Waals surface area contributed by atoms with E-state index in [2.05, 4.69) is 19.2 Å². The van der Waals surface area contributed by atoms with Crippen LogP contribution in [0, 0.1) is 5.92 Å². The first-order valence-corrected chi connectivity index (χ1v) is 11.2. The molecule has 0 radical (unpaired) electrons. The topological polar surface area (TPSA) is 92.8 Å². The third kappa shape index (κ3) is 6.04. The second-order valence-corrected chi connectivity index (χ2v) is 9.49. The Hall–Kier alpha value is -1.93. The number of amides is 1. The largest absolute Gasteiger partial charge is 0.452 e. The number of hydrogen-bond acceptors (Lipinski definition) is 5.